The number of allylic oxidation sites excluding steroid dienone is 5. The maximum absolute atomic E-state index is 5.32. The van der Waals surface area contributed by atoms with Crippen molar-refractivity contribution in [2.24, 2.45) is 15.9 Å². The van der Waals surface area contributed by atoms with E-state index in [1.165, 1.54) is 38.2 Å². The number of nitrogens with zero attached hydrogens (tertiary/aromatic N) is 3. The van der Waals surface area contributed by atoms with E-state index in [0.29, 0.717) is 0 Å². The van der Waals surface area contributed by atoms with Crippen LogP contribution in [0.3, 0.4) is 0 Å². The van der Waals surface area contributed by atoms with E-state index in [4.69, 9.17) is 9.98 Å². The summed E-state index contributed by atoms with van der Waals surface area (Å²) in [5, 5.41) is 4.90. The van der Waals surface area contributed by atoms with Gasteiger partial charge in [-0.05, 0) is 71.5 Å². The molecule has 6 aromatic rings. The van der Waals surface area contributed by atoms with Crippen molar-refractivity contribution in [2.45, 2.75) is 26.2 Å². The third-order valence-corrected chi connectivity index (χ3v) is 8.86. The van der Waals surface area contributed by atoms with E-state index in [-0.39, 0.29) is 5.92 Å². The first kappa shape index (κ1) is 26.4. The van der Waals surface area contributed by atoms with Crippen LogP contribution in [0.2, 0.25) is 0 Å². The Kier molecular flexibility index (Phi) is 6.64. The van der Waals surface area contributed by atoms with Crippen molar-refractivity contribution in [1.29, 1.82) is 0 Å². The standard InChI is InChI=1S/C41H33N3/c1-28-20-25-37(29-12-4-2-5-13-29)42-41(43-40(28)30-14-6-3-7-15-30)33-22-21-32-27-34(24-23-31(32)26-33)44-38-18-10-8-16-35(38)36-17-9-11-19-39(36)44/h2,4-6,8-19,21-28H,3,7,20H2,1H3/b37-25+,42-41-,43-40+. The molecule has 0 saturated heterocycles. The van der Waals surface area contributed by atoms with E-state index < -0.39 is 0 Å². The first-order valence-electron chi connectivity index (χ1n) is 15.6. The molecule has 44 heavy (non-hydrogen) atoms. The summed E-state index contributed by atoms with van der Waals surface area (Å²) in [6.45, 7) is 2.28. The molecule has 5 aromatic carbocycles. The zero-order valence-corrected chi connectivity index (χ0v) is 24.8. The van der Waals surface area contributed by atoms with E-state index >= 15 is 0 Å². The summed E-state index contributed by atoms with van der Waals surface area (Å²) < 4.78 is 2.37. The Hall–Kier alpha value is -5.28. The van der Waals surface area contributed by atoms with Crippen molar-refractivity contribution >= 4 is 49.8 Å². The minimum Gasteiger partial charge on any atom is -0.309 e. The third kappa shape index (κ3) is 4.71. The highest BCUT2D eigenvalue weighted by atomic mass is 15.0. The fourth-order valence-electron chi connectivity index (χ4n) is 6.59. The average Bonchev–Trinajstić information content (AvgIpc) is 3.42. The minimum atomic E-state index is 0.280. The van der Waals surface area contributed by atoms with Crippen LogP contribution in [0, 0.1) is 5.92 Å². The van der Waals surface area contributed by atoms with Gasteiger partial charge in [0.05, 0.1) is 22.4 Å². The Bertz CT molecular complexity index is 2150. The molecule has 0 fully saturated rings. The largest absolute Gasteiger partial charge is 0.309 e. The quantitative estimate of drug-likeness (QED) is 0.203. The van der Waals surface area contributed by atoms with E-state index in [0.717, 1.165) is 53.3 Å². The fraction of sp³-hybridized carbons (Fsp3) is 0.122. The van der Waals surface area contributed by atoms with E-state index in [1.807, 2.05) is 0 Å². The van der Waals surface area contributed by atoms with Gasteiger partial charge in [0.2, 0.25) is 0 Å². The molecule has 8 rings (SSSR count). The number of hydrogen-bond donors (Lipinski definition) is 0. The summed E-state index contributed by atoms with van der Waals surface area (Å²) in [7, 11) is 0. The molecule has 1 aliphatic heterocycles. The number of hydrogen-bond acceptors (Lipinski definition) is 2. The summed E-state index contributed by atoms with van der Waals surface area (Å²) in [5.74, 6) is 1.04. The van der Waals surface area contributed by atoms with Gasteiger partial charge in [-0.2, -0.15) is 0 Å². The molecule has 0 N–H and O–H groups in total. The van der Waals surface area contributed by atoms with E-state index in [1.54, 1.807) is 0 Å². The molecular formula is C41H33N3. The Morgan fingerprint density at radius 3 is 2.09 bits per heavy atom. The lowest BCUT2D eigenvalue weighted by Gasteiger charge is -2.20. The van der Waals surface area contributed by atoms with Crippen molar-refractivity contribution in [3.8, 4) is 5.69 Å². The first-order chi connectivity index (χ1) is 21.7. The van der Waals surface area contributed by atoms with Gasteiger partial charge in [0.15, 0.2) is 5.84 Å². The molecule has 0 bridgehead atoms. The SMILES string of the molecule is CC1C/C=C(c2ccccc2)/N=C(c2ccc3cc(-n4c5ccccc5c5ccccc54)ccc3c2)\N=C/1C1=CCCC=C1. The molecule has 0 spiro atoms. The fourth-order valence-corrected chi connectivity index (χ4v) is 6.59. The molecular weight excluding hydrogens is 534 g/mol. The lowest BCUT2D eigenvalue weighted by molar-refractivity contribution is 0.789. The van der Waals surface area contributed by atoms with Crippen LogP contribution >= 0.6 is 0 Å². The lowest BCUT2D eigenvalue weighted by atomic mass is 9.90. The molecule has 1 atom stereocenters. The van der Waals surface area contributed by atoms with Gasteiger partial charge in [-0.3, -0.25) is 0 Å². The van der Waals surface area contributed by atoms with Crippen molar-refractivity contribution in [1.82, 2.24) is 4.57 Å². The molecule has 3 nitrogen and oxygen atoms in total. The van der Waals surface area contributed by atoms with Gasteiger partial charge in [-0.15, -0.1) is 0 Å². The predicted molar refractivity (Wildman–Crippen MR) is 187 cm³/mol. The molecule has 1 aromatic heterocycles. The van der Waals surface area contributed by atoms with Crippen LogP contribution in [0.1, 0.15) is 37.3 Å². The number of para-hydroxylation sites is 2. The van der Waals surface area contributed by atoms with Gasteiger partial charge in [-0.25, -0.2) is 9.98 Å². The molecule has 0 radical (unpaired) electrons. The zero-order chi connectivity index (χ0) is 29.5. The highest BCUT2D eigenvalue weighted by molar-refractivity contribution is 6.16. The van der Waals surface area contributed by atoms with Crippen LogP contribution < -0.4 is 0 Å². The maximum Gasteiger partial charge on any atom is 0.160 e. The third-order valence-electron chi connectivity index (χ3n) is 8.86. The Morgan fingerprint density at radius 2 is 1.34 bits per heavy atom. The van der Waals surface area contributed by atoms with Crippen LogP contribution in [0.15, 0.2) is 155 Å². The van der Waals surface area contributed by atoms with Crippen molar-refractivity contribution in [3.05, 3.63) is 156 Å². The summed E-state index contributed by atoms with van der Waals surface area (Å²) in [5.41, 5.74) is 9.05. The molecule has 3 heteroatoms. The number of rotatable bonds is 4. The van der Waals surface area contributed by atoms with Gasteiger partial charge in [0.25, 0.3) is 0 Å². The monoisotopic (exact) mass is 567 g/mol. The highest BCUT2D eigenvalue weighted by Crippen LogP contribution is 2.33. The second kappa shape index (κ2) is 11.1. The van der Waals surface area contributed by atoms with Crippen LogP contribution in [0.5, 0.6) is 0 Å². The Morgan fingerprint density at radius 1 is 0.636 bits per heavy atom. The highest BCUT2D eigenvalue weighted by Gasteiger charge is 2.20. The van der Waals surface area contributed by atoms with Gasteiger partial charge < -0.3 is 4.57 Å². The molecule has 0 amide bonds. The summed E-state index contributed by atoms with van der Waals surface area (Å²) in [4.78, 5) is 10.5. The first-order valence-corrected chi connectivity index (χ1v) is 15.6. The number of benzene rings is 5. The molecule has 2 aliphatic rings. The van der Waals surface area contributed by atoms with Crippen LogP contribution in [-0.4, -0.2) is 16.1 Å². The van der Waals surface area contributed by atoms with Gasteiger partial charge in [0.1, 0.15) is 0 Å². The van der Waals surface area contributed by atoms with Gasteiger partial charge in [-0.1, -0.05) is 116 Å². The normalized spacial score (nSPS) is 20.7. The second-order valence-corrected chi connectivity index (χ2v) is 11.8. The number of amidine groups is 1. The van der Waals surface area contributed by atoms with Gasteiger partial charge in [0, 0.05) is 27.9 Å². The van der Waals surface area contributed by atoms with E-state index in [2.05, 4.69) is 151 Å². The lowest BCUT2D eigenvalue weighted by Crippen LogP contribution is -2.18. The van der Waals surface area contributed by atoms with Gasteiger partial charge >= 0.3 is 0 Å². The zero-order valence-electron chi connectivity index (χ0n) is 24.8. The van der Waals surface area contributed by atoms with E-state index in [9.17, 15) is 0 Å². The second-order valence-electron chi connectivity index (χ2n) is 11.8. The maximum atomic E-state index is 5.32. The summed E-state index contributed by atoms with van der Waals surface area (Å²) in [6.07, 6.45) is 12.1. The minimum absolute atomic E-state index is 0.280. The molecule has 1 aliphatic carbocycles. The van der Waals surface area contributed by atoms with Crippen molar-refractivity contribution in [2.75, 3.05) is 0 Å². The number of fused-ring (bicyclic) bond motifs is 4. The molecule has 0 saturated carbocycles. The topological polar surface area (TPSA) is 29.6 Å². The van der Waals surface area contributed by atoms with Crippen molar-refractivity contribution in [3.63, 3.8) is 0 Å². The number of aromatic nitrogens is 1. The smallest absolute Gasteiger partial charge is 0.160 e. The predicted octanol–water partition coefficient (Wildman–Crippen LogP) is 10.5. The number of aliphatic imine (C=N–C) groups is 2. The van der Waals surface area contributed by atoms with Crippen LogP contribution in [0.25, 0.3) is 44.0 Å². The Balaban J connectivity index is 1.26. The van der Waals surface area contributed by atoms with Crippen molar-refractivity contribution < 1.29 is 0 Å². The molecule has 212 valence electrons. The average molecular weight is 568 g/mol. The molecule has 2 heterocycles. The summed E-state index contributed by atoms with van der Waals surface area (Å²) in [6, 6.07) is 41.2. The Labute approximate surface area is 257 Å². The van der Waals surface area contributed by atoms with Crippen LogP contribution in [0.4, 0.5) is 0 Å². The summed E-state index contributed by atoms with van der Waals surface area (Å²) >= 11 is 0. The molecule has 1 unspecified atom stereocenters. The van der Waals surface area contributed by atoms with Crippen LogP contribution in [-0.2, 0) is 0 Å².